The first kappa shape index (κ1) is 34.0. The molecule has 0 radical (unpaired) electrons. The highest BCUT2D eigenvalue weighted by atomic mass is 32.1. The average molecular weight is 702 g/mol. The Morgan fingerprint density at radius 3 is 2.68 bits per heavy atom. The Kier molecular flexibility index (Phi) is 10.0. The smallest absolute Gasteiger partial charge is 0.408 e. The van der Waals surface area contributed by atoms with Crippen LogP contribution in [0.5, 0.6) is 5.88 Å². The lowest BCUT2D eigenvalue weighted by Crippen LogP contribution is -2.56. The van der Waals surface area contributed by atoms with E-state index in [1.165, 1.54) is 23.3 Å². The van der Waals surface area contributed by atoms with Gasteiger partial charge in [-0.3, -0.25) is 14.6 Å². The summed E-state index contributed by atoms with van der Waals surface area (Å²) >= 11 is 1.49. The molecule has 2 aliphatic heterocycles. The van der Waals surface area contributed by atoms with Crippen LogP contribution < -0.4 is 15.4 Å². The summed E-state index contributed by atoms with van der Waals surface area (Å²) in [5, 5.41) is 8.73. The van der Waals surface area contributed by atoms with E-state index >= 15 is 0 Å². The normalized spacial score (nSPS) is 28.1. The summed E-state index contributed by atoms with van der Waals surface area (Å²) in [7, 11) is 1.31. The van der Waals surface area contributed by atoms with Crippen molar-refractivity contribution in [3.63, 3.8) is 0 Å². The van der Waals surface area contributed by atoms with Gasteiger partial charge in [0.15, 0.2) is 0 Å². The zero-order chi connectivity index (χ0) is 34.7. The third-order valence-corrected chi connectivity index (χ3v) is 11.2. The molecule has 1 saturated heterocycles. The molecule has 13 heteroatoms. The molecule has 3 aromatic heterocycles. The number of nitrogens with zero attached hydrogens (tertiary/aromatic N) is 3. The number of thiophene rings is 1. The number of carbonyl (C=O) groups excluding carboxylic acids is 4. The van der Waals surface area contributed by atoms with Gasteiger partial charge in [-0.05, 0) is 81.0 Å². The summed E-state index contributed by atoms with van der Waals surface area (Å²) in [6.45, 7) is 0.0870. The van der Waals surface area contributed by atoms with Crippen molar-refractivity contribution >= 4 is 45.3 Å². The van der Waals surface area contributed by atoms with E-state index in [1.54, 1.807) is 6.20 Å². The minimum Gasteiger partial charge on any atom is -0.471 e. The van der Waals surface area contributed by atoms with Crippen LogP contribution in [-0.2, 0) is 23.9 Å². The summed E-state index contributed by atoms with van der Waals surface area (Å²) in [4.78, 5) is 65.5. The molecule has 2 N–H and O–H groups in total. The largest absolute Gasteiger partial charge is 0.471 e. The van der Waals surface area contributed by atoms with E-state index in [0.717, 1.165) is 55.0 Å². The molecule has 7 rings (SSSR count). The van der Waals surface area contributed by atoms with Crippen molar-refractivity contribution in [2.75, 3.05) is 13.7 Å². The van der Waals surface area contributed by atoms with Crippen molar-refractivity contribution < 1.29 is 33.4 Å². The van der Waals surface area contributed by atoms with Gasteiger partial charge in [-0.1, -0.05) is 31.1 Å². The molecule has 4 aliphatic rings. The number of esters is 1. The molecule has 0 aromatic carbocycles. The zero-order valence-electron chi connectivity index (χ0n) is 28.2. The molecule has 50 heavy (non-hydrogen) atoms. The van der Waals surface area contributed by atoms with Crippen molar-refractivity contribution in [1.29, 1.82) is 0 Å². The fraction of sp³-hybridized carbons (Fsp3) is 0.514. The third-order valence-electron chi connectivity index (χ3n) is 10.3. The SMILES string of the molecule is COC(=O)[C@@]12C[C@H]1/C=C\CCCCCC(NC(=O)OC1CCCC1)C(=O)N1C[C@H](Oc3nc(-c4ccccn4)cc4ccsc34)C[C@H]1C(=O)N2. The van der Waals surface area contributed by atoms with Crippen molar-refractivity contribution in [2.24, 2.45) is 5.92 Å². The molecule has 2 aliphatic carbocycles. The van der Waals surface area contributed by atoms with Crippen LogP contribution in [0.3, 0.4) is 0 Å². The Morgan fingerprint density at radius 1 is 1.04 bits per heavy atom. The monoisotopic (exact) mass is 701 g/mol. The first-order chi connectivity index (χ1) is 24.3. The van der Waals surface area contributed by atoms with Gasteiger partial charge in [-0.25, -0.2) is 14.6 Å². The number of hydrogen-bond donors (Lipinski definition) is 2. The molecule has 12 nitrogen and oxygen atoms in total. The second-order valence-corrected chi connectivity index (χ2v) is 14.6. The summed E-state index contributed by atoms with van der Waals surface area (Å²) in [6.07, 6.45) is 12.2. The summed E-state index contributed by atoms with van der Waals surface area (Å²) in [5.41, 5.74) is 0.144. The molecule has 264 valence electrons. The lowest BCUT2D eigenvalue weighted by Gasteiger charge is -2.29. The van der Waals surface area contributed by atoms with Gasteiger partial charge in [0, 0.05) is 23.9 Å². The minimum atomic E-state index is -1.19. The Morgan fingerprint density at radius 2 is 1.88 bits per heavy atom. The standard InChI is InChI=1S/C37H43N5O7S/c1-47-35(45)37-21-24(37)11-5-3-2-4-6-15-28(40-36(46)49-25-12-7-8-13-25)34(44)42-22-26(20-30(42)32(43)41-37)48-33-31-23(16-18-50-31)19-29(39-33)27-14-9-10-17-38-27/h5,9-11,14,16-19,24-26,28,30H,2-4,6-8,12-13,15,20-22H2,1H3,(H,40,46)(H,41,43)/b11-5-/t24-,26-,28?,30+,37-/m1/s1. The van der Waals surface area contributed by atoms with Gasteiger partial charge in [-0.2, -0.15) is 0 Å². The highest BCUT2D eigenvalue weighted by molar-refractivity contribution is 7.17. The number of fused-ring (bicyclic) bond motifs is 3. The minimum absolute atomic E-state index is 0.0870. The first-order valence-corrected chi connectivity index (χ1v) is 18.5. The second kappa shape index (κ2) is 14.8. The number of aromatic nitrogens is 2. The van der Waals surface area contributed by atoms with Gasteiger partial charge < -0.3 is 29.7 Å². The molecule has 5 heterocycles. The van der Waals surface area contributed by atoms with Crippen molar-refractivity contribution in [2.45, 2.75) is 100 Å². The van der Waals surface area contributed by atoms with Gasteiger partial charge in [0.2, 0.25) is 17.7 Å². The van der Waals surface area contributed by atoms with Crippen LogP contribution in [0, 0.1) is 5.92 Å². The van der Waals surface area contributed by atoms with Crippen molar-refractivity contribution in [3.8, 4) is 17.3 Å². The molecule has 1 unspecified atom stereocenters. The van der Waals surface area contributed by atoms with Crippen LogP contribution in [0.2, 0.25) is 0 Å². The maximum absolute atomic E-state index is 14.4. The van der Waals surface area contributed by atoms with Crippen molar-refractivity contribution in [1.82, 2.24) is 25.5 Å². The molecule has 3 amide bonds. The number of hydrogen-bond acceptors (Lipinski definition) is 10. The van der Waals surface area contributed by atoms with E-state index in [-0.39, 0.29) is 30.9 Å². The number of alkyl carbamates (subject to hydrolysis) is 1. The number of pyridine rings is 2. The molecule has 3 aromatic rings. The van der Waals surface area contributed by atoms with E-state index in [0.29, 0.717) is 36.5 Å². The predicted molar refractivity (Wildman–Crippen MR) is 186 cm³/mol. The summed E-state index contributed by atoms with van der Waals surface area (Å²) in [5.74, 6) is -1.18. The fourth-order valence-electron chi connectivity index (χ4n) is 7.48. The van der Waals surface area contributed by atoms with Crippen LogP contribution in [-0.4, -0.2) is 82.2 Å². The lowest BCUT2D eigenvalue weighted by molar-refractivity contribution is -0.148. The molecule has 2 saturated carbocycles. The molecule has 0 bridgehead atoms. The quantitative estimate of drug-likeness (QED) is 0.258. The van der Waals surface area contributed by atoms with Crippen LogP contribution in [0.15, 0.2) is 54.1 Å². The lowest BCUT2D eigenvalue weighted by atomic mass is 10.0. The number of nitrogens with one attached hydrogen (secondary N) is 2. The molecular formula is C37H43N5O7S. The molecule has 3 fully saturated rings. The van der Waals surface area contributed by atoms with Gasteiger partial charge in [0.05, 0.1) is 29.7 Å². The highest BCUT2D eigenvalue weighted by Gasteiger charge is 2.62. The number of ether oxygens (including phenoxy) is 3. The topological polar surface area (TPSA) is 149 Å². The number of methoxy groups -OCH3 is 1. The Balaban J connectivity index is 1.18. The fourth-order valence-corrected chi connectivity index (χ4v) is 8.29. The first-order valence-electron chi connectivity index (χ1n) is 17.7. The predicted octanol–water partition coefficient (Wildman–Crippen LogP) is 5.31. The van der Waals surface area contributed by atoms with E-state index in [4.69, 9.17) is 19.2 Å². The zero-order valence-corrected chi connectivity index (χ0v) is 29.0. The van der Waals surface area contributed by atoms with E-state index in [9.17, 15) is 19.2 Å². The number of allylic oxidation sites excluding steroid dienone is 1. The molecule has 0 spiro atoms. The Hall–Kier alpha value is -4.52. The Labute approximate surface area is 295 Å². The van der Waals surface area contributed by atoms with Gasteiger partial charge in [0.25, 0.3) is 0 Å². The highest BCUT2D eigenvalue weighted by Crippen LogP contribution is 2.46. The van der Waals surface area contributed by atoms with Gasteiger partial charge >= 0.3 is 12.1 Å². The van der Waals surface area contributed by atoms with Crippen LogP contribution in [0.4, 0.5) is 4.79 Å². The number of amides is 3. The number of rotatable bonds is 6. The average Bonchev–Trinajstić information content (AvgIpc) is 3.58. The van der Waals surface area contributed by atoms with Crippen molar-refractivity contribution in [3.05, 3.63) is 54.1 Å². The van der Waals surface area contributed by atoms with E-state index in [2.05, 4.69) is 15.6 Å². The van der Waals surface area contributed by atoms with Gasteiger partial charge in [-0.15, -0.1) is 11.3 Å². The maximum atomic E-state index is 14.4. The Bertz CT molecular complexity index is 1760. The second-order valence-electron chi connectivity index (χ2n) is 13.7. The van der Waals surface area contributed by atoms with Crippen LogP contribution in [0.1, 0.15) is 70.6 Å². The maximum Gasteiger partial charge on any atom is 0.408 e. The van der Waals surface area contributed by atoms with Crippen LogP contribution >= 0.6 is 11.3 Å². The summed E-state index contributed by atoms with van der Waals surface area (Å²) < 4.78 is 18.2. The van der Waals surface area contributed by atoms with Gasteiger partial charge in [0.1, 0.15) is 29.8 Å². The summed E-state index contributed by atoms with van der Waals surface area (Å²) in [6, 6.07) is 7.71. The van der Waals surface area contributed by atoms with E-state index < -0.39 is 41.7 Å². The third kappa shape index (κ3) is 7.19. The van der Waals surface area contributed by atoms with Crippen LogP contribution in [0.25, 0.3) is 21.5 Å². The number of carbonyl (C=O) groups is 4. The molecule has 5 atom stereocenters. The molecular weight excluding hydrogens is 659 g/mol. The van der Waals surface area contributed by atoms with E-state index in [1.807, 2.05) is 47.9 Å².